The highest BCUT2D eigenvalue weighted by molar-refractivity contribution is 5.79. The lowest BCUT2D eigenvalue weighted by Gasteiger charge is -2.29. The SMILES string of the molecule is O=C(Cc1ccc(N2CC3CC2CO3)cc1)N[C@@H]1CCN(c2ccc(C(F)(F)F)nc2)C1. The van der Waals surface area contributed by atoms with Crippen molar-refractivity contribution in [1.29, 1.82) is 0 Å². The van der Waals surface area contributed by atoms with E-state index in [1.165, 1.54) is 18.0 Å². The van der Waals surface area contributed by atoms with Gasteiger partial charge in [-0.05, 0) is 42.7 Å². The number of nitrogens with one attached hydrogen (secondary N) is 1. The summed E-state index contributed by atoms with van der Waals surface area (Å²) >= 11 is 0. The van der Waals surface area contributed by atoms with E-state index in [0.717, 1.165) is 37.6 Å². The molecule has 2 unspecified atom stereocenters. The minimum atomic E-state index is -4.44. The molecule has 0 spiro atoms. The first kappa shape index (κ1) is 21.1. The smallest absolute Gasteiger partial charge is 0.374 e. The number of fused-ring (bicyclic) bond motifs is 2. The molecule has 4 heterocycles. The lowest BCUT2D eigenvalue weighted by Crippen LogP contribution is -2.38. The fourth-order valence-corrected chi connectivity index (χ4v) is 4.84. The van der Waals surface area contributed by atoms with Gasteiger partial charge in [0.1, 0.15) is 5.69 Å². The number of rotatable bonds is 5. The summed E-state index contributed by atoms with van der Waals surface area (Å²) in [5, 5.41) is 3.05. The van der Waals surface area contributed by atoms with Gasteiger partial charge < -0.3 is 19.9 Å². The standard InChI is InChI=1S/C23H25F3N4O2/c24-23(25,26)21-6-5-18(11-27-21)29-8-7-16(12-29)28-22(31)9-15-1-3-17(4-2-15)30-13-20-10-19(30)14-32-20/h1-6,11,16,19-20H,7-10,12-14H2,(H,28,31)/t16-,19?,20?/m1/s1. The molecule has 2 aromatic rings. The predicted octanol–water partition coefficient (Wildman–Crippen LogP) is 3.02. The van der Waals surface area contributed by atoms with Crippen molar-refractivity contribution in [1.82, 2.24) is 10.3 Å². The number of halogens is 3. The van der Waals surface area contributed by atoms with Crippen LogP contribution < -0.4 is 15.1 Å². The van der Waals surface area contributed by atoms with Gasteiger partial charge in [-0.25, -0.2) is 4.98 Å². The van der Waals surface area contributed by atoms with Crippen molar-refractivity contribution in [3.8, 4) is 0 Å². The Kier molecular flexibility index (Phi) is 5.44. The van der Waals surface area contributed by atoms with E-state index in [0.29, 0.717) is 37.3 Å². The highest BCUT2D eigenvalue weighted by atomic mass is 19.4. The van der Waals surface area contributed by atoms with Crippen LogP contribution in [0.4, 0.5) is 24.5 Å². The second-order valence-corrected chi connectivity index (χ2v) is 8.74. The van der Waals surface area contributed by atoms with E-state index in [9.17, 15) is 18.0 Å². The van der Waals surface area contributed by atoms with E-state index in [-0.39, 0.29) is 11.9 Å². The average molecular weight is 446 g/mol. The molecule has 1 aromatic carbocycles. The van der Waals surface area contributed by atoms with Crippen LogP contribution in [0.15, 0.2) is 42.6 Å². The molecule has 1 N–H and O–H groups in total. The van der Waals surface area contributed by atoms with Crippen molar-refractivity contribution in [2.24, 2.45) is 0 Å². The summed E-state index contributed by atoms with van der Waals surface area (Å²) in [6.45, 7) is 2.93. The Balaban J connectivity index is 1.12. The first-order valence-corrected chi connectivity index (χ1v) is 10.9. The lowest BCUT2D eigenvalue weighted by molar-refractivity contribution is -0.141. The third kappa shape index (κ3) is 4.39. The Morgan fingerprint density at radius 1 is 1.12 bits per heavy atom. The highest BCUT2D eigenvalue weighted by Crippen LogP contribution is 2.32. The van der Waals surface area contributed by atoms with E-state index in [1.54, 1.807) is 0 Å². The van der Waals surface area contributed by atoms with Gasteiger partial charge >= 0.3 is 6.18 Å². The maximum atomic E-state index is 12.7. The molecule has 3 aliphatic rings. The molecule has 6 nitrogen and oxygen atoms in total. The number of alkyl halides is 3. The van der Waals surface area contributed by atoms with E-state index in [4.69, 9.17) is 4.74 Å². The molecule has 3 atom stereocenters. The van der Waals surface area contributed by atoms with Gasteiger partial charge in [-0.1, -0.05) is 12.1 Å². The first-order valence-electron chi connectivity index (χ1n) is 10.9. The molecule has 0 aliphatic carbocycles. The van der Waals surface area contributed by atoms with E-state index in [2.05, 4.69) is 27.3 Å². The van der Waals surface area contributed by atoms with E-state index < -0.39 is 11.9 Å². The second kappa shape index (κ2) is 8.27. The van der Waals surface area contributed by atoms with Crippen LogP contribution in [0.5, 0.6) is 0 Å². The molecule has 2 bridgehead atoms. The Bertz CT molecular complexity index is 965. The van der Waals surface area contributed by atoms with Crippen molar-refractivity contribution in [3.63, 3.8) is 0 Å². The summed E-state index contributed by atoms with van der Waals surface area (Å²) in [6, 6.07) is 11.0. The highest BCUT2D eigenvalue weighted by Gasteiger charge is 2.39. The van der Waals surface area contributed by atoms with Crippen LogP contribution in [-0.4, -0.2) is 55.3 Å². The monoisotopic (exact) mass is 446 g/mol. The first-order chi connectivity index (χ1) is 15.3. The number of aromatic nitrogens is 1. The Hall–Kier alpha value is -2.81. The summed E-state index contributed by atoms with van der Waals surface area (Å²) in [6.07, 6.45) is -0.729. The fourth-order valence-electron chi connectivity index (χ4n) is 4.84. The molecule has 32 heavy (non-hydrogen) atoms. The Morgan fingerprint density at radius 2 is 1.91 bits per heavy atom. The van der Waals surface area contributed by atoms with Crippen LogP contribution in [0.3, 0.4) is 0 Å². The fraction of sp³-hybridized carbons (Fsp3) is 0.478. The zero-order chi connectivity index (χ0) is 22.3. The topological polar surface area (TPSA) is 57.7 Å². The minimum Gasteiger partial charge on any atom is -0.374 e. The van der Waals surface area contributed by atoms with Crippen LogP contribution in [0.2, 0.25) is 0 Å². The summed E-state index contributed by atoms with van der Waals surface area (Å²) in [5.41, 5.74) is 1.85. The third-order valence-electron chi connectivity index (χ3n) is 6.49. The average Bonchev–Trinajstić information content (AvgIpc) is 3.51. The molecule has 3 aliphatic heterocycles. The Labute approximate surface area is 184 Å². The van der Waals surface area contributed by atoms with Gasteiger partial charge in [0.25, 0.3) is 0 Å². The maximum absolute atomic E-state index is 12.7. The summed E-state index contributed by atoms with van der Waals surface area (Å²) < 4.78 is 43.7. The predicted molar refractivity (Wildman–Crippen MR) is 114 cm³/mol. The number of anilines is 2. The number of amides is 1. The molecule has 170 valence electrons. The van der Waals surface area contributed by atoms with Gasteiger partial charge in [0.15, 0.2) is 0 Å². The van der Waals surface area contributed by atoms with Gasteiger partial charge in [-0.3, -0.25) is 4.79 Å². The number of pyridine rings is 1. The molecule has 0 saturated carbocycles. The van der Waals surface area contributed by atoms with Gasteiger partial charge in [0, 0.05) is 31.4 Å². The van der Waals surface area contributed by atoms with Gasteiger partial charge in [0.05, 0.1) is 37.1 Å². The van der Waals surface area contributed by atoms with E-state index in [1.807, 2.05) is 17.0 Å². The molecule has 1 aromatic heterocycles. The van der Waals surface area contributed by atoms with Crippen LogP contribution in [0, 0.1) is 0 Å². The number of hydrogen-bond donors (Lipinski definition) is 1. The largest absolute Gasteiger partial charge is 0.433 e. The number of ether oxygens (including phenoxy) is 1. The third-order valence-corrected chi connectivity index (χ3v) is 6.49. The molecule has 1 amide bonds. The number of nitrogens with zero attached hydrogens (tertiary/aromatic N) is 3. The van der Waals surface area contributed by atoms with Crippen molar-refractivity contribution in [2.75, 3.05) is 36.0 Å². The lowest BCUT2D eigenvalue weighted by atomic mass is 10.1. The van der Waals surface area contributed by atoms with Crippen molar-refractivity contribution in [3.05, 3.63) is 53.9 Å². The molecule has 3 fully saturated rings. The van der Waals surface area contributed by atoms with Gasteiger partial charge in [-0.2, -0.15) is 13.2 Å². The van der Waals surface area contributed by atoms with Gasteiger partial charge in [-0.15, -0.1) is 0 Å². The van der Waals surface area contributed by atoms with Crippen LogP contribution in [-0.2, 0) is 22.1 Å². The summed E-state index contributed by atoms with van der Waals surface area (Å²) in [4.78, 5) is 20.4. The van der Waals surface area contributed by atoms with E-state index >= 15 is 0 Å². The molecule has 0 radical (unpaired) electrons. The molecular formula is C23H25F3N4O2. The van der Waals surface area contributed by atoms with Crippen molar-refractivity contribution in [2.45, 2.75) is 43.6 Å². The zero-order valence-corrected chi connectivity index (χ0v) is 17.5. The van der Waals surface area contributed by atoms with Gasteiger partial charge in [0.2, 0.25) is 5.91 Å². The van der Waals surface area contributed by atoms with Crippen molar-refractivity contribution < 1.29 is 22.7 Å². The van der Waals surface area contributed by atoms with Crippen molar-refractivity contribution >= 4 is 17.3 Å². The zero-order valence-electron chi connectivity index (χ0n) is 17.5. The number of carbonyl (C=O) groups excluding carboxylic acids is 1. The number of morpholine rings is 1. The van der Waals surface area contributed by atoms with Crippen LogP contribution in [0.1, 0.15) is 24.1 Å². The molecule has 5 rings (SSSR count). The van der Waals surface area contributed by atoms with Crippen LogP contribution in [0.25, 0.3) is 0 Å². The quantitative estimate of drug-likeness (QED) is 0.765. The molecular weight excluding hydrogens is 421 g/mol. The number of carbonyl (C=O) groups is 1. The number of hydrogen-bond acceptors (Lipinski definition) is 5. The molecule has 9 heteroatoms. The Morgan fingerprint density at radius 3 is 2.53 bits per heavy atom. The minimum absolute atomic E-state index is 0.0378. The second-order valence-electron chi connectivity index (χ2n) is 8.74. The number of benzene rings is 1. The summed E-state index contributed by atoms with van der Waals surface area (Å²) in [7, 11) is 0. The maximum Gasteiger partial charge on any atom is 0.433 e. The summed E-state index contributed by atoms with van der Waals surface area (Å²) in [5.74, 6) is -0.0521. The normalized spacial score (nSPS) is 24.9. The van der Waals surface area contributed by atoms with Crippen LogP contribution >= 0.6 is 0 Å². The molecule has 3 saturated heterocycles.